The molecule has 3 aromatic rings. The molecule has 0 aromatic heterocycles. The van der Waals surface area contributed by atoms with E-state index in [1.54, 1.807) is 48.5 Å². The molecular formula is C24H23NO5. The molecule has 1 amide bonds. The summed E-state index contributed by atoms with van der Waals surface area (Å²) in [6, 6.07) is 23.8. The van der Waals surface area contributed by atoms with Gasteiger partial charge in [-0.1, -0.05) is 42.5 Å². The third-order valence-corrected chi connectivity index (χ3v) is 4.29. The van der Waals surface area contributed by atoms with Crippen molar-refractivity contribution >= 4 is 17.6 Å². The number of amides is 1. The minimum atomic E-state index is -0.864. The van der Waals surface area contributed by atoms with Crippen molar-refractivity contribution in [1.29, 1.82) is 0 Å². The number of hydrogen-bond donors (Lipinski definition) is 2. The number of hydrogen-bond acceptors (Lipinski definition) is 4. The van der Waals surface area contributed by atoms with Crippen molar-refractivity contribution in [1.82, 2.24) is 0 Å². The predicted octanol–water partition coefficient (Wildman–Crippen LogP) is 4.76. The highest BCUT2D eigenvalue weighted by molar-refractivity contribution is 6.05. The van der Waals surface area contributed by atoms with Crippen LogP contribution in [0.25, 0.3) is 0 Å². The minimum Gasteiger partial charge on any atom is -0.491 e. The summed E-state index contributed by atoms with van der Waals surface area (Å²) in [5, 5.41) is 11.5. The van der Waals surface area contributed by atoms with E-state index in [9.17, 15) is 9.59 Å². The number of carboxylic acids is 1. The number of anilines is 1. The van der Waals surface area contributed by atoms with E-state index in [0.29, 0.717) is 35.8 Å². The molecule has 0 aliphatic rings. The molecule has 3 rings (SSSR count). The number of carbonyl (C=O) groups is 2. The van der Waals surface area contributed by atoms with E-state index in [2.05, 4.69) is 5.32 Å². The zero-order valence-electron chi connectivity index (χ0n) is 16.4. The lowest BCUT2D eigenvalue weighted by molar-refractivity contribution is -0.137. The molecule has 2 N–H and O–H groups in total. The number of benzene rings is 3. The summed E-state index contributed by atoms with van der Waals surface area (Å²) >= 11 is 0. The van der Waals surface area contributed by atoms with Crippen LogP contribution in [0.2, 0.25) is 0 Å². The summed E-state index contributed by atoms with van der Waals surface area (Å²) < 4.78 is 11.4. The molecule has 0 aliphatic heterocycles. The zero-order chi connectivity index (χ0) is 21.2. The molecule has 0 radical (unpaired) electrons. The Bertz CT molecular complexity index is 970. The molecule has 0 bridgehead atoms. The van der Waals surface area contributed by atoms with Crippen molar-refractivity contribution in [3.63, 3.8) is 0 Å². The van der Waals surface area contributed by atoms with E-state index in [4.69, 9.17) is 14.6 Å². The quantitative estimate of drug-likeness (QED) is 0.475. The normalized spacial score (nSPS) is 10.3. The van der Waals surface area contributed by atoms with E-state index in [1.807, 2.05) is 30.3 Å². The van der Waals surface area contributed by atoms with Gasteiger partial charge in [-0.2, -0.15) is 0 Å². The summed E-state index contributed by atoms with van der Waals surface area (Å²) in [6.07, 6.45) is 0.426. The van der Waals surface area contributed by atoms with E-state index in [-0.39, 0.29) is 18.9 Å². The average molecular weight is 405 g/mol. The number of carboxylic acid groups (broad SMARTS) is 1. The highest BCUT2D eigenvalue weighted by atomic mass is 16.5. The monoisotopic (exact) mass is 405 g/mol. The lowest BCUT2D eigenvalue weighted by Crippen LogP contribution is -2.13. The van der Waals surface area contributed by atoms with Crippen LogP contribution < -0.4 is 14.8 Å². The van der Waals surface area contributed by atoms with Gasteiger partial charge in [0.1, 0.15) is 18.1 Å². The minimum absolute atomic E-state index is 0.0349. The smallest absolute Gasteiger partial charge is 0.303 e. The molecule has 0 saturated heterocycles. The predicted molar refractivity (Wildman–Crippen MR) is 114 cm³/mol. The van der Waals surface area contributed by atoms with Gasteiger partial charge in [0.2, 0.25) is 0 Å². The van der Waals surface area contributed by atoms with Crippen LogP contribution in [-0.4, -0.2) is 23.6 Å². The standard InChI is InChI=1S/C24H23NO5/c26-23(27)11-6-16-29-22-10-5-4-9-21(22)25-24(28)19-12-14-20(15-13-19)30-17-18-7-2-1-3-8-18/h1-5,7-10,12-15H,6,11,16-17H2,(H,25,28)(H,26,27). The van der Waals surface area contributed by atoms with Crippen molar-refractivity contribution in [2.75, 3.05) is 11.9 Å². The van der Waals surface area contributed by atoms with E-state index in [0.717, 1.165) is 5.56 Å². The van der Waals surface area contributed by atoms with Crippen LogP contribution in [0.15, 0.2) is 78.9 Å². The second kappa shape index (κ2) is 10.7. The van der Waals surface area contributed by atoms with Crippen LogP contribution in [0.1, 0.15) is 28.8 Å². The van der Waals surface area contributed by atoms with Gasteiger partial charge in [-0.15, -0.1) is 0 Å². The molecule has 3 aromatic carbocycles. The second-order valence-electron chi connectivity index (χ2n) is 6.59. The summed E-state index contributed by atoms with van der Waals surface area (Å²) in [5.74, 6) is 0.0409. The molecule has 154 valence electrons. The van der Waals surface area contributed by atoms with Crippen molar-refractivity contribution in [2.24, 2.45) is 0 Å². The van der Waals surface area contributed by atoms with E-state index in [1.165, 1.54) is 0 Å². The maximum absolute atomic E-state index is 12.6. The molecule has 0 fully saturated rings. The summed E-state index contributed by atoms with van der Waals surface area (Å²) in [5.41, 5.74) is 2.09. The number of carbonyl (C=O) groups excluding carboxylic acids is 1. The van der Waals surface area contributed by atoms with Gasteiger partial charge in [-0.25, -0.2) is 0 Å². The number of aliphatic carboxylic acids is 1. The Morgan fingerprint density at radius 2 is 1.53 bits per heavy atom. The first-order chi connectivity index (χ1) is 14.6. The summed E-state index contributed by atoms with van der Waals surface area (Å²) in [7, 11) is 0. The van der Waals surface area contributed by atoms with Crippen LogP contribution in [0.4, 0.5) is 5.69 Å². The molecule has 0 atom stereocenters. The lowest BCUT2D eigenvalue weighted by atomic mass is 10.2. The number of nitrogens with one attached hydrogen (secondary N) is 1. The number of rotatable bonds is 10. The number of para-hydroxylation sites is 2. The van der Waals surface area contributed by atoms with Crippen LogP contribution in [0.5, 0.6) is 11.5 Å². The van der Waals surface area contributed by atoms with Gasteiger partial charge < -0.3 is 19.9 Å². The van der Waals surface area contributed by atoms with Crippen LogP contribution in [-0.2, 0) is 11.4 Å². The van der Waals surface area contributed by atoms with Gasteiger partial charge in [0, 0.05) is 12.0 Å². The van der Waals surface area contributed by atoms with Gasteiger partial charge in [-0.05, 0) is 48.4 Å². The summed E-state index contributed by atoms with van der Waals surface area (Å²) in [6.45, 7) is 0.714. The van der Waals surface area contributed by atoms with Crippen molar-refractivity contribution in [2.45, 2.75) is 19.4 Å². The fourth-order valence-electron chi connectivity index (χ4n) is 2.74. The highest BCUT2D eigenvalue weighted by Gasteiger charge is 2.10. The van der Waals surface area contributed by atoms with Crippen LogP contribution in [0, 0.1) is 0 Å². The fraction of sp³-hybridized carbons (Fsp3) is 0.167. The number of ether oxygens (including phenoxy) is 2. The Balaban J connectivity index is 1.56. The summed E-state index contributed by atoms with van der Waals surface area (Å²) in [4.78, 5) is 23.2. The molecule has 0 heterocycles. The Hall–Kier alpha value is -3.80. The van der Waals surface area contributed by atoms with Crippen molar-refractivity contribution in [3.8, 4) is 11.5 Å². The molecule has 0 spiro atoms. The van der Waals surface area contributed by atoms with Gasteiger partial charge in [0.15, 0.2) is 0 Å². The average Bonchev–Trinajstić information content (AvgIpc) is 2.77. The first kappa shape index (κ1) is 20.9. The SMILES string of the molecule is O=C(O)CCCOc1ccccc1NC(=O)c1ccc(OCc2ccccc2)cc1. The fourth-order valence-corrected chi connectivity index (χ4v) is 2.74. The van der Waals surface area contributed by atoms with Gasteiger partial charge in [-0.3, -0.25) is 9.59 Å². The molecular weight excluding hydrogens is 382 g/mol. The van der Waals surface area contributed by atoms with Gasteiger partial charge in [0.25, 0.3) is 5.91 Å². The van der Waals surface area contributed by atoms with Crippen LogP contribution in [0.3, 0.4) is 0 Å². The third-order valence-electron chi connectivity index (χ3n) is 4.29. The molecule has 0 saturated carbocycles. The Morgan fingerprint density at radius 1 is 0.833 bits per heavy atom. The Kier molecular flexibility index (Phi) is 7.44. The van der Waals surface area contributed by atoms with E-state index >= 15 is 0 Å². The lowest BCUT2D eigenvalue weighted by Gasteiger charge is -2.12. The van der Waals surface area contributed by atoms with Crippen molar-refractivity contribution < 1.29 is 24.2 Å². The molecule has 6 heteroatoms. The first-order valence-corrected chi connectivity index (χ1v) is 9.63. The zero-order valence-corrected chi connectivity index (χ0v) is 16.4. The van der Waals surface area contributed by atoms with Crippen molar-refractivity contribution in [3.05, 3.63) is 90.0 Å². The largest absolute Gasteiger partial charge is 0.491 e. The van der Waals surface area contributed by atoms with Crippen LogP contribution >= 0.6 is 0 Å². The first-order valence-electron chi connectivity index (χ1n) is 9.63. The second-order valence-corrected chi connectivity index (χ2v) is 6.59. The topological polar surface area (TPSA) is 84.9 Å². The maximum Gasteiger partial charge on any atom is 0.303 e. The third kappa shape index (κ3) is 6.38. The Morgan fingerprint density at radius 3 is 2.27 bits per heavy atom. The van der Waals surface area contributed by atoms with Gasteiger partial charge in [0.05, 0.1) is 12.3 Å². The highest BCUT2D eigenvalue weighted by Crippen LogP contribution is 2.25. The maximum atomic E-state index is 12.6. The molecule has 6 nitrogen and oxygen atoms in total. The molecule has 0 aliphatic carbocycles. The molecule has 0 unspecified atom stereocenters. The van der Waals surface area contributed by atoms with E-state index < -0.39 is 5.97 Å². The van der Waals surface area contributed by atoms with Gasteiger partial charge >= 0.3 is 5.97 Å². The molecule has 30 heavy (non-hydrogen) atoms. The Labute approximate surface area is 175 Å².